The summed E-state index contributed by atoms with van der Waals surface area (Å²) in [7, 11) is -3.19. The second kappa shape index (κ2) is 7.31. The van der Waals surface area contributed by atoms with Crippen LogP contribution >= 0.6 is 0 Å². The molecule has 0 aliphatic carbocycles. The van der Waals surface area contributed by atoms with E-state index >= 15 is 0 Å². The zero-order chi connectivity index (χ0) is 18.0. The molecule has 2 N–H and O–H groups in total. The summed E-state index contributed by atoms with van der Waals surface area (Å²) in [5.41, 5.74) is 1.84. The largest absolute Gasteiger partial charge is 0.493 e. The van der Waals surface area contributed by atoms with E-state index in [1.54, 1.807) is 0 Å². The van der Waals surface area contributed by atoms with Crippen LogP contribution in [-0.2, 0) is 21.2 Å². The van der Waals surface area contributed by atoms with E-state index in [2.05, 4.69) is 5.32 Å². The first-order valence-corrected chi connectivity index (χ1v) is 10.4. The Morgan fingerprint density at radius 3 is 2.80 bits per heavy atom. The van der Waals surface area contributed by atoms with Crippen LogP contribution in [0.3, 0.4) is 0 Å². The van der Waals surface area contributed by atoms with Gasteiger partial charge >= 0.3 is 0 Å². The van der Waals surface area contributed by atoms with Crippen molar-refractivity contribution < 1.29 is 23.1 Å². The van der Waals surface area contributed by atoms with Gasteiger partial charge in [0.2, 0.25) is 15.9 Å². The Balaban J connectivity index is 1.49. The molecule has 1 amide bonds. The number of benzene rings is 1. The first-order chi connectivity index (χ1) is 11.8. The number of nitrogens with zero attached hydrogens (tertiary/aromatic N) is 1. The van der Waals surface area contributed by atoms with Crippen molar-refractivity contribution in [3.05, 3.63) is 29.3 Å². The van der Waals surface area contributed by atoms with Gasteiger partial charge in [0.25, 0.3) is 0 Å². The van der Waals surface area contributed by atoms with Crippen LogP contribution in [0.25, 0.3) is 0 Å². The molecule has 1 aromatic rings. The number of hydrogen-bond acceptors (Lipinski definition) is 5. The smallest absolute Gasteiger partial charge is 0.223 e. The number of sulfonamides is 1. The van der Waals surface area contributed by atoms with Crippen LogP contribution < -0.4 is 10.1 Å². The molecule has 3 rings (SSSR count). The summed E-state index contributed by atoms with van der Waals surface area (Å²) in [6.45, 7) is 1.54. The SMILES string of the molecule is CS(=O)(=O)N1CCC(C(=O)NC[C@@H](O)c2ccc3c(c2)CCO3)CC1. The molecule has 0 unspecified atom stereocenters. The highest BCUT2D eigenvalue weighted by Crippen LogP contribution is 2.28. The summed E-state index contributed by atoms with van der Waals surface area (Å²) < 4.78 is 29.8. The molecular weight excluding hydrogens is 344 g/mol. The third-order valence-electron chi connectivity index (χ3n) is 4.86. The molecule has 1 atom stereocenters. The molecule has 25 heavy (non-hydrogen) atoms. The number of carbonyl (C=O) groups excluding carboxylic acids is 1. The molecule has 0 radical (unpaired) electrons. The van der Waals surface area contributed by atoms with E-state index in [-0.39, 0.29) is 18.4 Å². The number of aliphatic hydroxyl groups excluding tert-OH is 1. The van der Waals surface area contributed by atoms with Crippen molar-refractivity contribution in [1.82, 2.24) is 9.62 Å². The maximum absolute atomic E-state index is 12.3. The van der Waals surface area contributed by atoms with Gasteiger partial charge in [0.1, 0.15) is 5.75 Å². The van der Waals surface area contributed by atoms with Crippen molar-refractivity contribution in [1.29, 1.82) is 0 Å². The minimum Gasteiger partial charge on any atom is -0.493 e. The molecule has 8 heteroatoms. The number of fused-ring (bicyclic) bond motifs is 1. The molecule has 2 aliphatic heterocycles. The van der Waals surface area contributed by atoms with E-state index in [0.29, 0.717) is 32.5 Å². The van der Waals surface area contributed by atoms with Crippen LogP contribution in [0, 0.1) is 5.92 Å². The molecule has 0 spiro atoms. The van der Waals surface area contributed by atoms with Crippen molar-refractivity contribution in [2.75, 3.05) is 32.5 Å². The second-order valence-corrected chi connectivity index (χ2v) is 8.65. The summed E-state index contributed by atoms with van der Waals surface area (Å²) in [5.74, 6) is 0.521. The summed E-state index contributed by atoms with van der Waals surface area (Å²) in [6.07, 6.45) is 2.26. The minimum absolute atomic E-state index is 0.128. The van der Waals surface area contributed by atoms with Crippen LogP contribution in [0.4, 0.5) is 0 Å². The standard InChI is InChI=1S/C17H24N2O5S/c1-25(22,23)19-7-4-12(5-8-19)17(21)18-11-15(20)13-2-3-16-14(10-13)6-9-24-16/h2-3,10,12,15,20H,4-9,11H2,1H3,(H,18,21)/t15-/m1/s1. The molecule has 7 nitrogen and oxygen atoms in total. The number of aliphatic hydroxyl groups is 1. The maximum atomic E-state index is 12.3. The Kier molecular flexibility index (Phi) is 5.31. The fraction of sp³-hybridized carbons (Fsp3) is 0.588. The molecule has 1 aromatic carbocycles. The first-order valence-electron chi connectivity index (χ1n) is 8.51. The number of ether oxygens (including phenoxy) is 1. The van der Waals surface area contributed by atoms with Gasteiger partial charge in [0.15, 0.2) is 0 Å². The highest BCUT2D eigenvalue weighted by Gasteiger charge is 2.29. The summed E-state index contributed by atoms with van der Waals surface area (Å²) in [5, 5.41) is 13.1. The van der Waals surface area contributed by atoms with Gasteiger partial charge in [-0.2, -0.15) is 0 Å². The highest BCUT2D eigenvalue weighted by atomic mass is 32.2. The number of rotatable bonds is 5. The fourth-order valence-corrected chi connectivity index (χ4v) is 4.20. The van der Waals surface area contributed by atoms with Crippen LogP contribution in [0.15, 0.2) is 18.2 Å². The third kappa shape index (κ3) is 4.31. The van der Waals surface area contributed by atoms with Crippen LogP contribution in [-0.4, -0.2) is 56.2 Å². The lowest BCUT2D eigenvalue weighted by atomic mass is 9.97. The van der Waals surface area contributed by atoms with Crippen molar-refractivity contribution >= 4 is 15.9 Å². The topological polar surface area (TPSA) is 95.9 Å². The van der Waals surface area contributed by atoms with Gasteiger partial charge < -0.3 is 15.2 Å². The quantitative estimate of drug-likeness (QED) is 0.786. The minimum atomic E-state index is -3.19. The lowest BCUT2D eigenvalue weighted by molar-refractivity contribution is -0.126. The maximum Gasteiger partial charge on any atom is 0.223 e. The highest BCUT2D eigenvalue weighted by molar-refractivity contribution is 7.88. The molecule has 2 heterocycles. The monoisotopic (exact) mass is 368 g/mol. The molecule has 0 saturated carbocycles. The normalized spacial score (nSPS) is 19.9. The number of piperidine rings is 1. The van der Waals surface area contributed by atoms with Crippen molar-refractivity contribution in [3.63, 3.8) is 0 Å². The Morgan fingerprint density at radius 2 is 2.12 bits per heavy atom. The first kappa shape index (κ1) is 18.2. The van der Waals surface area contributed by atoms with Gasteiger partial charge in [-0.15, -0.1) is 0 Å². The average Bonchev–Trinajstić information content (AvgIpc) is 3.06. The van der Waals surface area contributed by atoms with Crippen LogP contribution in [0.1, 0.15) is 30.1 Å². The average molecular weight is 368 g/mol. The zero-order valence-corrected chi connectivity index (χ0v) is 15.1. The number of hydrogen-bond donors (Lipinski definition) is 2. The lowest BCUT2D eigenvalue weighted by Crippen LogP contribution is -2.43. The van der Waals surface area contributed by atoms with Crippen LogP contribution in [0.2, 0.25) is 0 Å². The van der Waals surface area contributed by atoms with Crippen molar-refractivity contribution in [3.8, 4) is 5.75 Å². The Morgan fingerprint density at radius 1 is 1.40 bits per heavy atom. The molecule has 2 aliphatic rings. The second-order valence-electron chi connectivity index (χ2n) is 6.66. The van der Waals surface area contributed by atoms with E-state index in [1.807, 2.05) is 18.2 Å². The van der Waals surface area contributed by atoms with Crippen LogP contribution in [0.5, 0.6) is 5.75 Å². The third-order valence-corrected chi connectivity index (χ3v) is 6.16. The van der Waals surface area contributed by atoms with E-state index in [0.717, 1.165) is 23.3 Å². The summed E-state index contributed by atoms with van der Waals surface area (Å²) in [6, 6.07) is 5.58. The number of carbonyl (C=O) groups is 1. The summed E-state index contributed by atoms with van der Waals surface area (Å²) in [4.78, 5) is 12.3. The van der Waals surface area contributed by atoms with Gasteiger partial charge in [0, 0.05) is 32.0 Å². The van der Waals surface area contributed by atoms with E-state index in [1.165, 1.54) is 10.6 Å². The van der Waals surface area contributed by atoms with Gasteiger partial charge in [-0.1, -0.05) is 6.07 Å². The van der Waals surface area contributed by atoms with Crippen molar-refractivity contribution in [2.45, 2.75) is 25.4 Å². The number of nitrogens with one attached hydrogen (secondary N) is 1. The van der Waals surface area contributed by atoms with Gasteiger partial charge in [0.05, 0.1) is 19.0 Å². The molecular formula is C17H24N2O5S. The Bertz CT molecular complexity index is 741. The van der Waals surface area contributed by atoms with E-state index in [4.69, 9.17) is 4.74 Å². The van der Waals surface area contributed by atoms with Gasteiger partial charge in [-0.25, -0.2) is 12.7 Å². The Labute approximate surface area is 148 Å². The van der Waals surface area contributed by atoms with Crippen molar-refractivity contribution in [2.24, 2.45) is 5.92 Å². The number of amides is 1. The Hall–Kier alpha value is -1.64. The lowest BCUT2D eigenvalue weighted by Gasteiger charge is -2.29. The van der Waals surface area contributed by atoms with Gasteiger partial charge in [-0.05, 0) is 36.1 Å². The molecule has 138 valence electrons. The molecule has 0 bridgehead atoms. The molecule has 1 fully saturated rings. The molecule has 0 aromatic heterocycles. The summed E-state index contributed by atoms with van der Waals surface area (Å²) >= 11 is 0. The van der Waals surface area contributed by atoms with E-state index < -0.39 is 16.1 Å². The van der Waals surface area contributed by atoms with E-state index in [9.17, 15) is 18.3 Å². The molecule has 1 saturated heterocycles. The predicted octanol–water partition coefficient (Wildman–Crippen LogP) is 0.443. The fourth-order valence-electron chi connectivity index (χ4n) is 3.32. The zero-order valence-electron chi connectivity index (χ0n) is 14.3. The van der Waals surface area contributed by atoms with Gasteiger partial charge in [-0.3, -0.25) is 4.79 Å². The predicted molar refractivity (Wildman–Crippen MR) is 92.8 cm³/mol.